The maximum absolute atomic E-state index is 11.1. The number of halogens is 1. The third-order valence-electron chi connectivity index (χ3n) is 2.99. The predicted octanol–water partition coefficient (Wildman–Crippen LogP) is 1.79. The molecule has 100 valence electrons. The molecule has 0 radical (unpaired) electrons. The quantitative estimate of drug-likeness (QED) is 0.747. The Morgan fingerprint density at radius 1 is 1.44 bits per heavy atom. The van der Waals surface area contributed by atoms with Crippen molar-refractivity contribution in [2.24, 2.45) is 11.1 Å². The standard InChI is InChI=1S/C13H18BrNO3/c1-13(8-16,12(17)18)7-11(15)6-9-2-4-10(14)5-3-9/h2-5,11,16H,6-8,15H2,1H3,(H,17,18)/t11-,13+/m1/s1. The monoisotopic (exact) mass is 315 g/mol. The Hall–Kier alpha value is -0.910. The Kier molecular flexibility index (Phi) is 5.31. The van der Waals surface area contributed by atoms with E-state index >= 15 is 0 Å². The molecular formula is C13H18BrNO3. The molecule has 0 unspecified atom stereocenters. The highest BCUT2D eigenvalue weighted by Gasteiger charge is 2.34. The lowest BCUT2D eigenvalue weighted by Gasteiger charge is -2.25. The Morgan fingerprint density at radius 2 is 2.00 bits per heavy atom. The maximum atomic E-state index is 11.1. The first-order valence-corrected chi connectivity index (χ1v) is 6.51. The average molecular weight is 316 g/mol. The third kappa shape index (κ3) is 4.08. The minimum atomic E-state index is -1.17. The molecule has 0 saturated heterocycles. The molecule has 0 aliphatic heterocycles. The first kappa shape index (κ1) is 15.1. The van der Waals surface area contributed by atoms with E-state index in [0.29, 0.717) is 6.42 Å². The fourth-order valence-corrected chi connectivity index (χ4v) is 2.06. The molecule has 0 heterocycles. The molecule has 0 bridgehead atoms. The van der Waals surface area contributed by atoms with Crippen LogP contribution in [0.4, 0.5) is 0 Å². The molecule has 4 nitrogen and oxygen atoms in total. The van der Waals surface area contributed by atoms with Gasteiger partial charge in [0.25, 0.3) is 0 Å². The first-order valence-electron chi connectivity index (χ1n) is 5.71. The van der Waals surface area contributed by atoms with E-state index in [1.54, 1.807) is 0 Å². The molecule has 0 aliphatic rings. The molecule has 0 spiro atoms. The van der Waals surface area contributed by atoms with Gasteiger partial charge in [-0.1, -0.05) is 28.1 Å². The average Bonchev–Trinajstić information content (AvgIpc) is 2.31. The van der Waals surface area contributed by atoms with Crippen LogP contribution in [0, 0.1) is 5.41 Å². The Balaban J connectivity index is 2.63. The number of aliphatic hydroxyl groups is 1. The molecular weight excluding hydrogens is 298 g/mol. The fourth-order valence-electron chi connectivity index (χ4n) is 1.79. The number of benzene rings is 1. The molecule has 0 aliphatic carbocycles. The van der Waals surface area contributed by atoms with E-state index in [-0.39, 0.29) is 12.5 Å². The van der Waals surface area contributed by atoms with Gasteiger partial charge in [0.1, 0.15) is 0 Å². The van der Waals surface area contributed by atoms with Crippen molar-refractivity contribution in [2.75, 3.05) is 6.61 Å². The number of hydrogen-bond acceptors (Lipinski definition) is 3. The van der Waals surface area contributed by atoms with Gasteiger partial charge in [0.05, 0.1) is 12.0 Å². The number of hydrogen-bond donors (Lipinski definition) is 3. The SMILES string of the molecule is C[C@@](CO)(C[C@H](N)Cc1ccc(Br)cc1)C(=O)O. The van der Waals surface area contributed by atoms with Crippen LogP contribution in [-0.4, -0.2) is 28.8 Å². The van der Waals surface area contributed by atoms with Crippen LogP contribution in [0.5, 0.6) is 0 Å². The molecule has 5 heteroatoms. The zero-order valence-electron chi connectivity index (χ0n) is 10.3. The zero-order valence-corrected chi connectivity index (χ0v) is 11.9. The van der Waals surface area contributed by atoms with Gasteiger partial charge in [-0.15, -0.1) is 0 Å². The summed E-state index contributed by atoms with van der Waals surface area (Å²) in [5, 5.41) is 18.2. The van der Waals surface area contributed by atoms with Gasteiger partial charge in [0.2, 0.25) is 0 Å². The Morgan fingerprint density at radius 3 is 2.44 bits per heavy atom. The van der Waals surface area contributed by atoms with Crippen molar-refractivity contribution in [1.29, 1.82) is 0 Å². The van der Waals surface area contributed by atoms with E-state index in [1.165, 1.54) is 6.92 Å². The molecule has 1 aromatic carbocycles. The van der Waals surface area contributed by atoms with E-state index in [4.69, 9.17) is 15.9 Å². The Bertz CT molecular complexity index is 407. The van der Waals surface area contributed by atoms with Gasteiger partial charge in [-0.2, -0.15) is 0 Å². The summed E-state index contributed by atoms with van der Waals surface area (Å²) in [6.07, 6.45) is 0.838. The maximum Gasteiger partial charge on any atom is 0.311 e. The lowest BCUT2D eigenvalue weighted by atomic mass is 9.83. The lowest BCUT2D eigenvalue weighted by molar-refractivity contribution is -0.151. The third-order valence-corrected chi connectivity index (χ3v) is 3.52. The van der Waals surface area contributed by atoms with Crippen molar-refractivity contribution >= 4 is 21.9 Å². The van der Waals surface area contributed by atoms with Crippen molar-refractivity contribution in [1.82, 2.24) is 0 Å². The number of rotatable bonds is 6. The molecule has 0 amide bonds. The summed E-state index contributed by atoms with van der Waals surface area (Å²) in [5.41, 5.74) is 5.84. The summed E-state index contributed by atoms with van der Waals surface area (Å²) in [6.45, 7) is 1.10. The minimum Gasteiger partial charge on any atom is -0.481 e. The second-order valence-electron chi connectivity index (χ2n) is 4.82. The number of nitrogens with two attached hydrogens (primary N) is 1. The van der Waals surface area contributed by atoms with Crippen molar-refractivity contribution in [3.63, 3.8) is 0 Å². The smallest absolute Gasteiger partial charge is 0.311 e. The van der Waals surface area contributed by atoms with Crippen molar-refractivity contribution in [3.05, 3.63) is 34.3 Å². The van der Waals surface area contributed by atoms with E-state index in [9.17, 15) is 4.79 Å². The normalized spacial score (nSPS) is 16.0. The molecule has 1 aromatic rings. The largest absolute Gasteiger partial charge is 0.481 e. The summed E-state index contributed by atoms with van der Waals surface area (Å²) >= 11 is 3.35. The van der Waals surface area contributed by atoms with Crippen molar-refractivity contribution < 1.29 is 15.0 Å². The zero-order chi connectivity index (χ0) is 13.8. The summed E-state index contributed by atoms with van der Waals surface area (Å²) < 4.78 is 0.991. The molecule has 18 heavy (non-hydrogen) atoms. The highest BCUT2D eigenvalue weighted by molar-refractivity contribution is 9.10. The van der Waals surface area contributed by atoms with E-state index in [0.717, 1.165) is 10.0 Å². The molecule has 0 aromatic heterocycles. The summed E-state index contributed by atoms with van der Waals surface area (Å²) in [6, 6.07) is 7.44. The second-order valence-corrected chi connectivity index (χ2v) is 5.73. The predicted molar refractivity (Wildman–Crippen MR) is 73.3 cm³/mol. The number of carbonyl (C=O) groups is 1. The Labute approximate surface area is 115 Å². The summed E-state index contributed by atoms with van der Waals surface area (Å²) in [5.74, 6) is -1.02. The second kappa shape index (κ2) is 6.31. The van der Waals surface area contributed by atoms with Crippen LogP contribution >= 0.6 is 15.9 Å². The van der Waals surface area contributed by atoms with Crippen LogP contribution in [0.2, 0.25) is 0 Å². The van der Waals surface area contributed by atoms with Crippen LogP contribution in [0.1, 0.15) is 18.9 Å². The molecule has 0 saturated carbocycles. The van der Waals surface area contributed by atoms with Crippen molar-refractivity contribution in [3.8, 4) is 0 Å². The van der Waals surface area contributed by atoms with E-state index in [2.05, 4.69) is 15.9 Å². The highest BCUT2D eigenvalue weighted by Crippen LogP contribution is 2.24. The molecule has 1 rings (SSSR count). The minimum absolute atomic E-state index is 0.245. The van der Waals surface area contributed by atoms with Gasteiger partial charge in [0, 0.05) is 10.5 Å². The highest BCUT2D eigenvalue weighted by atomic mass is 79.9. The summed E-state index contributed by atoms with van der Waals surface area (Å²) in [4.78, 5) is 11.1. The first-order chi connectivity index (χ1) is 8.37. The van der Waals surface area contributed by atoms with Gasteiger partial charge in [-0.3, -0.25) is 4.79 Å². The number of carboxylic acid groups (broad SMARTS) is 1. The summed E-state index contributed by atoms with van der Waals surface area (Å²) in [7, 11) is 0. The van der Waals surface area contributed by atoms with Crippen LogP contribution in [-0.2, 0) is 11.2 Å². The van der Waals surface area contributed by atoms with Crippen LogP contribution in [0.15, 0.2) is 28.7 Å². The molecule has 2 atom stereocenters. The van der Waals surface area contributed by atoms with Gasteiger partial charge in [-0.25, -0.2) is 0 Å². The van der Waals surface area contributed by atoms with Crippen molar-refractivity contribution in [2.45, 2.75) is 25.8 Å². The van der Waals surface area contributed by atoms with Gasteiger partial charge < -0.3 is 15.9 Å². The van der Waals surface area contributed by atoms with Gasteiger partial charge in [-0.05, 0) is 37.5 Å². The van der Waals surface area contributed by atoms with E-state index < -0.39 is 18.0 Å². The lowest BCUT2D eigenvalue weighted by Crippen LogP contribution is -2.39. The fraction of sp³-hybridized carbons (Fsp3) is 0.462. The number of carboxylic acids is 1. The number of aliphatic carboxylic acids is 1. The van der Waals surface area contributed by atoms with Crippen LogP contribution < -0.4 is 5.73 Å². The van der Waals surface area contributed by atoms with Crippen LogP contribution in [0.25, 0.3) is 0 Å². The molecule has 4 N–H and O–H groups in total. The van der Waals surface area contributed by atoms with Crippen LogP contribution in [0.3, 0.4) is 0 Å². The number of aliphatic hydroxyl groups excluding tert-OH is 1. The van der Waals surface area contributed by atoms with Gasteiger partial charge >= 0.3 is 5.97 Å². The molecule has 0 fully saturated rings. The topological polar surface area (TPSA) is 83.5 Å². The van der Waals surface area contributed by atoms with Gasteiger partial charge in [0.15, 0.2) is 0 Å². The van der Waals surface area contributed by atoms with E-state index in [1.807, 2.05) is 24.3 Å².